The number of carbonyl (C=O) groups is 1. The molecule has 3 aromatic rings. The predicted molar refractivity (Wildman–Crippen MR) is 93.9 cm³/mol. The van der Waals surface area contributed by atoms with Crippen LogP contribution in [0.25, 0.3) is 5.95 Å². The average molecular weight is 396 g/mol. The van der Waals surface area contributed by atoms with Gasteiger partial charge in [-0.2, -0.15) is 9.78 Å². The first-order valence-corrected chi connectivity index (χ1v) is 8.10. The van der Waals surface area contributed by atoms with Gasteiger partial charge in [-0.3, -0.25) is 0 Å². The van der Waals surface area contributed by atoms with Crippen molar-refractivity contribution in [2.45, 2.75) is 13.0 Å². The number of aromatic nitrogens is 5. The molecule has 0 saturated carbocycles. The fraction of sp³-hybridized carbons (Fsp3) is 0.133. The molecule has 2 N–H and O–H groups in total. The molecule has 0 saturated heterocycles. The molecule has 0 bridgehead atoms. The lowest BCUT2D eigenvalue weighted by molar-refractivity contribution is 0.248. The summed E-state index contributed by atoms with van der Waals surface area (Å²) in [5.74, 6) is 0.0389. The van der Waals surface area contributed by atoms with Crippen molar-refractivity contribution in [2.75, 3.05) is 5.32 Å². The van der Waals surface area contributed by atoms with Gasteiger partial charge in [-0.15, -0.1) is 0 Å². The van der Waals surface area contributed by atoms with Crippen molar-refractivity contribution in [3.63, 3.8) is 0 Å². The number of amides is 2. The quantitative estimate of drug-likeness (QED) is 0.659. The van der Waals surface area contributed by atoms with Gasteiger partial charge in [0.15, 0.2) is 5.82 Å². The average Bonchev–Trinajstić information content (AvgIpc) is 3.10. The Morgan fingerprint density at radius 2 is 1.92 bits per heavy atom. The third-order valence-electron chi connectivity index (χ3n) is 3.31. The summed E-state index contributed by atoms with van der Waals surface area (Å²) in [4.78, 5) is 24.5. The van der Waals surface area contributed by atoms with Gasteiger partial charge in [-0.25, -0.2) is 24.1 Å². The van der Waals surface area contributed by atoms with Gasteiger partial charge < -0.3 is 10.6 Å². The molecule has 2 amide bonds. The first-order chi connectivity index (χ1) is 12.5. The minimum Gasteiger partial charge on any atom is -0.328 e. The SMILES string of the molecule is CC(NC(=O)Nc1cc(F)c(Cl)cc1Cl)c1ncnn1-c1ncccn1. The van der Waals surface area contributed by atoms with Crippen LogP contribution in [0.1, 0.15) is 18.8 Å². The van der Waals surface area contributed by atoms with Crippen LogP contribution in [0.3, 0.4) is 0 Å². The minimum atomic E-state index is -0.694. The normalized spacial score (nSPS) is 11.8. The van der Waals surface area contributed by atoms with Crippen LogP contribution < -0.4 is 10.6 Å². The maximum atomic E-state index is 13.5. The first-order valence-electron chi connectivity index (χ1n) is 7.35. The summed E-state index contributed by atoms with van der Waals surface area (Å²) < 4.78 is 14.9. The molecule has 3 rings (SSSR count). The van der Waals surface area contributed by atoms with Crippen LogP contribution in [0, 0.1) is 5.82 Å². The van der Waals surface area contributed by atoms with E-state index in [1.807, 2.05) is 0 Å². The van der Waals surface area contributed by atoms with E-state index in [9.17, 15) is 9.18 Å². The molecule has 0 fully saturated rings. The Labute approximate surface area is 157 Å². The van der Waals surface area contributed by atoms with Gasteiger partial charge in [0.1, 0.15) is 12.1 Å². The van der Waals surface area contributed by atoms with Crippen LogP contribution in [0.2, 0.25) is 10.0 Å². The third kappa shape index (κ3) is 3.89. The highest BCUT2D eigenvalue weighted by Crippen LogP contribution is 2.28. The Bertz CT molecular complexity index is 935. The largest absolute Gasteiger partial charge is 0.328 e. The summed E-state index contributed by atoms with van der Waals surface area (Å²) >= 11 is 11.6. The molecule has 26 heavy (non-hydrogen) atoms. The van der Waals surface area contributed by atoms with E-state index >= 15 is 0 Å². The lowest BCUT2D eigenvalue weighted by Crippen LogP contribution is -2.32. The van der Waals surface area contributed by atoms with E-state index in [1.165, 1.54) is 17.1 Å². The molecule has 0 aliphatic rings. The third-order valence-corrected chi connectivity index (χ3v) is 3.91. The van der Waals surface area contributed by atoms with Crippen LogP contribution in [-0.4, -0.2) is 30.8 Å². The highest BCUT2D eigenvalue weighted by molar-refractivity contribution is 6.36. The van der Waals surface area contributed by atoms with Gasteiger partial charge in [0.25, 0.3) is 5.95 Å². The van der Waals surface area contributed by atoms with Crippen LogP contribution in [0.5, 0.6) is 0 Å². The van der Waals surface area contributed by atoms with E-state index in [-0.39, 0.29) is 15.7 Å². The van der Waals surface area contributed by atoms with Gasteiger partial charge >= 0.3 is 6.03 Å². The summed E-state index contributed by atoms with van der Waals surface area (Å²) in [6.45, 7) is 1.70. The molecule has 0 aliphatic carbocycles. The lowest BCUT2D eigenvalue weighted by Gasteiger charge is -2.15. The molecule has 1 unspecified atom stereocenters. The maximum Gasteiger partial charge on any atom is 0.319 e. The van der Waals surface area contributed by atoms with Crippen molar-refractivity contribution in [3.05, 3.63) is 58.6 Å². The molecule has 11 heteroatoms. The molecule has 1 aromatic carbocycles. The van der Waals surface area contributed by atoms with Gasteiger partial charge in [-0.05, 0) is 19.1 Å². The van der Waals surface area contributed by atoms with Gasteiger partial charge in [0.05, 0.1) is 21.8 Å². The van der Waals surface area contributed by atoms with Crippen molar-refractivity contribution in [3.8, 4) is 5.95 Å². The molecular formula is C15H12Cl2FN7O. The zero-order chi connectivity index (χ0) is 18.7. The van der Waals surface area contributed by atoms with Gasteiger partial charge in [0.2, 0.25) is 0 Å². The standard InChI is InChI=1S/C15H12Cl2FN7O/c1-8(13-21-7-22-25(13)14-19-3-2-4-20-14)23-15(26)24-12-6-11(18)9(16)5-10(12)17/h2-8H,1H3,(H2,23,24,26). The van der Waals surface area contributed by atoms with Crippen LogP contribution in [-0.2, 0) is 0 Å². The van der Waals surface area contributed by atoms with Crippen LogP contribution >= 0.6 is 23.2 Å². The van der Waals surface area contributed by atoms with Crippen LogP contribution in [0.4, 0.5) is 14.9 Å². The van der Waals surface area contributed by atoms with Crippen molar-refractivity contribution in [1.29, 1.82) is 0 Å². The first kappa shape index (κ1) is 18.0. The van der Waals surface area contributed by atoms with E-state index in [2.05, 4.69) is 30.7 Å². The predicted octanol–water partition coefficient (Wildman–Crippen LogP) is 3.39. The molecule has 0 aliphatic heterocycles. The van der Waals surface area contributed by atoms with Crippen molar-refractivity contribution < 1.29 is 9.18 Å². The summed E-state index contributed by atoms with van der Waals surface area (Å²) in [6.07, 6.45) is 4.46. The smallest absolute Gasteiger partial charge is 0.319 e. The molecule has 1 atom stereocenters. The monoisotopic (exact) mass is 395 g/mol. The van der Waals surface area contributed by atoms with Gasteiger partial charge in [-0.1, -0.05) is 23.2 Å². The summed E-state index contributed by atoms with van der Waals surface area (Å²) in [6, 6.07) is 2.77. The number of benzene rings is 1. The number of halogens is 3. The Morgan fingerprint density at radius 1 is 1.19 bits per heavy atom. The van der Waals surface area contributed by atoms with E-state index in [0.29, 0.717) is 11.8 Å². The zero-order valence-corrected chi connectivity index (χ0v) is 14.8. The number of rotatable bonds is 4. The molecule has 2 heterocycles. The second-order valence-corrected chi connectivity index (χ2v) is 5.96. The minimum absolute atomic E-state index is 0.0890. The van der Waals surface area contributed by atoms with E-state index in [4.69, 9.17) is 23.2 Å². The number of nitrogens with one attached hydrogen (secondary N) is 2. The van der Waals surface area contributed by atoms with Crippen molar-refractivity contribution >= 4 is 34.9 Å². The molecule has 2 aromatic heterocycles. The fourth-order valence-electron chi connectivity index (χ4n) is 2.14. The number of nitrogens with zero attached hydrogens (tertiary/aromatic N) is 5. The van der Waals surface area contributed by atoms with Crippen molar-refractivity contribution in [1.82, 2.24) is 30.0 Å². The Hall–Kier alpha value is -2.78. The maximum absolute atomic E-state index is 13.5. The lowest BCUT2D eigenvalue weighted by atomic mass is 10.3. The van der Waals surface area contributed by atoms with E-state index < -0.39 is 17.9 Å². The number of urea groups is 1. The Balaban J connectivity index is 1.73. The van der Waals surface area contributed by atoms with Gasteiger partial charge in [0, 0.05) is 18.5 Å². The molecular weight excluding hydrogens is 384 g/mol. The topological polar surface area (TPSA) is 97.6 Å². The van der Waals surface area contributed by atoms with Crippen LogP contribution in [0.15, 0.2) is 36.9 Å². The zero-order valence-electron chi connectivity index (χ0n) is 13.3. The molecule has 134 valence electrons. The van der Waals surface area contributed by atoms with Crippen molar-refractivity contribution in [2.24, 2.45) is 0 Å². The number of carbonyl (C=O) groups excluding carboxylic acids is 1. The second-order valence-electron chi connectivity index (χ2n) is 5.15. The summed E-state index contributed by atoms with van der Waals surface area (Å²) in [5, 5.41) is 9.16. The Morgan fingerprint density at radius 3 is 2.65 bits per heavy atom. The molecule has 0 radical (unpaired) electrons. The second kappa shape index (κ2) is 7.63. The summed E-state index contributed by atoms with van der Waals surface area (Å²) in [7, 11) is 0. The van der Waals surface area contributed by atoms with E-state index in [1.54, 1.807) is 25.4 Å². The fourth-order valence-corrected chi connectivity index (χ4v) is 2.57. The Kier molecular flexibility index (Phi) is 5.29. The number of anilines is 1. The highest BCUT2D eigenvalue weighted by Gasteiger charge is 2.18. The molecule has 0 spiro atoms. The van der Waals surface area contributed by atoms with E-state index in [0.717, 1.165) is 6.07 Å². The summed E-state index contributed by atoms with van der Waals surface area (Å²) in [5.41, 5.74) is 0.0890. The number of hydrogen-bond donors (Lipinski definition) is 2. The highest BCUT2D eigenvalue weighted by atomic mass is 35.5. The number of hydrogen-bond acceptors (Lipinski definition) is 5. The molecule has 8 nitrogen and oxygen atoms in total.